The van der Waals surface area contributed by atoms with Crippen LogP contribution in [0.25, 0.3) is 11.3 Å². The molecule has 0 unspecified atom stereocenters. The summed E-state index contributed by atoms with van der Waals surface area (Å²) in [5, 5.41) is 0. The summed E-state index contributed by atoms with van der Waals surface area (Å²) in [5.74, 6) is 0.941. The normalized spacial score (nSPS) is 10.5. The van der Waals surface area contributed by atoms with Crippen LogP contribution in [0, 0.1) is 6.92 Å². The number of imidazole rings is 1. The zero-order valence-electron chi connectivity index (χ0n) is 8.83. The zero-order chi connectivity index (χ0) is 10.7. The monoisotopic (exact) mass is 201 g/mol. The van der Waals surface area contributed by atoms with E-state index in [0.717, 1.165) is 23.5 Å². The Bertz CT molecular complexity index is 428. The first kappa shape index (κ1) is 9.93. The van der Waals surface area contributed by atoms with Crippen LogP contribution in [0.3, 0.4) is 0 Å². The number of rotatable bonds is 3. The first-order valence-electron chi connectivity index (χ1n) is 5.10. The highest BCUT2D eigenvalue weighted by Gasteiger charge is 2.00. The first-order valence-corrected chi connectivity index (χ1v) is 5.10. The molecule has 1 aromatic carbocycles. The molecule has 1 heterocycles. The maximum Gasteiger partial charge on any atom is 0.103 e. The van der Waals surface area contributed by atoms with E-state index in [9.17, 15) is 0 Å². The third-order valence-electron chi connectivity index (χ3n) is 2.40. The SMILES string of the molecule is Cc1ncc(-c2ccc(CCN)cc2)[nH]1. The Hall–Kier alpha value is -1.61. The number of hydrogen-bond acceptors (Lipinski definition) is 2. The predicted octanol–water partition coefficient (Wildman–Crippen LogP) is 1.89. The van der Waals surface area contributed by atoms with Crippen molar-refractivity contribution >= 4 is 0 Å². The van der Waals surface area contributed by atoms with Crippen molar-refractivity contribution in [2.75, 3.05) is 6.54 Å². The second-order valence-corrected chi connectivity index (χ2v) is 3.62. The molecule has 0 saturated heterocycles. The van der Waals surface area contributed by atoms with E-state index in [0.29, 0.717) is 6.54 Å². The molecule has 2 rings (SSSR count). The number of aromatic amines is 1. The lowest BCUT2D eigenvalue weighted by molar-refractivity contribution is 0.969. The van der Waals surface area contributed by atoms with Crippen LogP contribution in [0.15, 0.2) is 30.5 Å². The fraction of sp³-hybridized carbons (Fsp3) is 0.250. The maximum atomic E-state index is 5.50. The maximum absolute atomic E-state index is 5.50. The van der Waals surface area contributed by atoms with Crippen LogP contribution in [0.2, 0.25) is 0 Å². The lowest BCUT2D eigenvalue weighted by Gasteiger charge is -2.00. The quantitative estimate of drug-likeness (QED) is 0.796. The summed E-state index contributed by atoms with van der Waals surface area (Å²) in [4.78, 5) is 7.38. The van der Waals surface area contributed by atoms with E-state index in [1.165, 1.54) is 5.56 Å². The number of nitrogens with zero attached hydrogens (tertiary/aromatic N) is 1. The number of nitrogens with two attached hydrogens (primary N) is 1. The van der Waals surface area contributed by atoms with Gasteiger partial charge in [0.15, 0.2) is 0 Å². The molecular formula is C12H15N3. The van der Waals surface area contributed by atoms with Crippen LogP contribution in [-0.2, 0) is 6.42 Å². The predicted molar refractivity (Wildman–Crippen MR) is 61.5 cm³/mol. The van der Waals surface area contributed by atoms with Gasteiger partial charge in [-0.2, -0.15) is 0 Å². The molecule has 0 fully saturated rings. The fourth-order valence-electron chi connectivity index (χ4n) is 1.59. The molecule has 78 valence electrons. The van der Waals surface area contributed by atoms with Gasteiger partial charge in [0.25, 0.3) is 0 Å². The number of hydrogen-bond donors (Lipinski definition) is 2. The molecule has 3 heteroatoms. The van der Waals surface area contributed by atoms with E-state index in [4.69, 9.17) is 5.73 Å². The molecule has 0 radical (unpaired) electrons. The van der Waals surface area contributed by atoms with Gasteiger partial charge in [0, 0.05) is 0 Å². The third kappa shape index (κ3) is 2.25. The molecule has 0 atom stereocenters. The van der Waals surface area contributed by atoms with Crippen LogP contribution in [0.4, 0.5) is 0 Å². The van der Waals surface area contributed by atoms with Gasteiger partial charge in [-0.05, 0) is 31.0 Å². The molecule has 2 aromatic rings. The van der Waals surface area contributed by atoms with Crippen molar-refractivity contribution in [1.29, 1.82) is 0 Å². The summed E-state index contributed by atoms with van der Waals surface area (Å²) >= 11 is 0. The number of benzene rings is 1. The molecule has 0 aliphatic carbocycles. The van der Waals surface area contributed by atoms with Crippen molar-refractivity contribution in [2.24, 2.45) is 5.73 Å². The van der Waals surface area contributed by atoms with Crippen molar-refractivity contribution in [1.82, 2.24) is 9.97 Å². The Kier molecular flexibility index (Phi) is 2.83. The molecule has 0 amide bonds. The fourth-order valence-corrected chi connectivity index (χ4v) is 1.59. The van der Waals surface area contributed by atoms with Gasteiger partial charge in [-0.15, -0.1) is 0 Å². The number of nitrogens with one attached hydrogen (secondary N) is 1. The molecular weight excluding hydrogens is 186 g/mol. The van der Waals surface area contributed by atoms with Gasteiger partial charge in [-0.3, -0.25) is 0 Å². The first-order chi connectivity index (χ1) is 7.29. The summed E-state index contributed by atoms with van der Waals surface area (Å²) in [6.45, 7) is 2.65. The lowest BCUT2D eigenvalue weighted by Crippen LogP contribution is -2.02. The van der Waals surface area contributed by atoms with Crippen LogP contribution in [0.5, 0.6) is 0 Å². The van der Waals surface area contributed by atoms with Gasteiger partial charge < -0.3 is 10.7 Å². The minimum atomic E-state index is 0.697. The molecule has 3 nitrogen and oxygen atoms in total. The van der Waals surface area contributed by atoms with E-state index in [1.54, 1.807) is 0 Å². The minimum Gasteiger partial charge on any atom is -0.342 e. The summed E-state index contributed by atoms with van der Waals surface area (Å²) < 4.78 is 0. The van der Waals surface area contributed by atoms with Crippen LogP contribution >= 0.6 is 0 Å². The average molecular weight is 201 g/mol. The second-order valence-electron chi connectivity index (χ2n) is 3.62. The summed E-state index contributed by atoms with van der Waals surface area (Å²) in [6, 6.07) is 8.41. The highest BCUT2D eigenvalue weighted by atomic mass is 14.9. The van der Waals surface area contributed by atoms with Crippen LogP contribution < -0.4 is 5.73 Å². The molecule has 3 N–H and O–H groups in total. The van der Waals surface area contributed by atoms with E-state index in [-0.39, 0.29) is 0 Å². The van der Waals surface area contributed by atoms with Crippen molar-refractivity contribution in [3.63, 3.8) is 0 Å². The van der Waals surface area contributed by atoms with E-state index >= 15 is 0 Å². The average Bonchev–Trinajstić information content (AvgIpc) is 2.67. The third-order valence-corrected chi connectivity index (χ3v) is 2.40. The van der Waals surface area contributed by atoms with Crippen molar-refractivity contribution < 1.29 is 0 Å². The Morgan fingerprint density at radius 1 is 1.27 bits per heavy atom. The number of aryl methyl sites for hydroxylation is 1. The molecule has 0 bridgehead atoms. The van der Waals surface area contributed by atoms with E-state index < -0.39 is 0 Å². The standard InChI is InChI=1S/C12H15N3/c1-9-14-8-12(15-9)11-4-2-10(3-5-11)6-7-13/h2-5,8H,6-7,13H2,1H3,(H,14,15). The molecule has 1 aromatic heterocycles. The van der Waals surface area contributed by atoms with Gasteiger partial charge >= 0.3 is 0 Å². The smallest absolute Gasteiger partial charge is 0.103 e. The Morgan fingerprint density at radius 3 is 2.53 bits per heavy atom. The molecule has 15 heavy (non-hydrogen) atoms. The Morgan fingerprint density at radius 2 is 2.00 bits per heavy atom. The van der Waals surface area contributed by atoms with Crippen molar-refractivity contribution in [3.8, 4) is 11.3 Å². The van der Waals surface area contributed by atoms with Gasteiger partial charge in [0.1, 0.15) is 5.82 Å². The number of H-pyrrole nitrogens is 1. The van der Waals surface area contributed by atoms with Gasteiger partial charge in [-0.25, -0.2) is 4.98 Å². The summed E-state index contributed by atoms with van der Waals surface area (Å²) in [6.07, 6.45) is 2.79. The highest BCUT2D eigenvalue weighted by molar-refractivity contribution is 5.58. The van der Waals surface area contributed by atoms with Gasteiger partial charge in [0.2, 0.25) is 0 Å². The topological polar surface area (TPSA) is 54.7 Å². The Labute approximate surface area is 89.4 Å². The van der Waals surface area contributed by atoms with Gasteiger partial charge in [0.05, 0.1) is 11.9 Å². The molecule has 0 saturated carbocycles. The zero-order valence-corrected chi connectivity index (χ0v) is 8.83. The van der Waals surface area contributed by atoms with Crippen LogP contribution in [-0.4, -0.2) is 16.5 Å². The van der Waals surface area contributed by atoms with Gasteiger partial charge in [-0.1, -0.05) is 24.3 Å². The van der Waals surface area contributed by atoms with E-state index in [1.807, 2.05) is 13.1 Å². The van der Waals surface area contributed by atoms with E-state index in [2.05, 4.69) is 34.2 Å². The van der Waals surface area contributed by atoms with Crippen molar-refractivity contribution in [2.45, 2.75) is 13.3 Å². The molecule has 0 spiro atoms. The minimum absolute atomic E-state index is 0.697. The molecule has 0 aliphatic rings. The largest absolute Gasteiger partial charge is 0.342 e. The number of aromatic nitrogens is 2. The molecule has 0 aliphatic heterocycles. The summed E-state index contributed by atoms with van der Waals surface area (Å²) in [7, 11) is 0. The lowest BCUT2D eigenvalue weighted by atomic mass is 10.1. The summed E-state index contributed by atoms with van der Waals surface area (Å²) in [5.41, 5.74) is 9.00. The second kappa shape index (κ2) is 4.28. The highest BCUT2D eigenvalue weighted by Crippen LogP contribution is 2.17. The van der Waals surface area contributed by atoms with Crippen LogP contribution in [0.1, 0.15) is 11.4 Å². The Balaban J connectivity index is 2.23. The van der Waals surface area contributed by atoms with Crippen molar-refractivity contribution in [3.05, 3.63) is 41.9 Å².